The lowest BCUT2D eigenvalue weighted by molar-refractivity contribution is -0.934. The number of nitrogens with zero attached hydrogens (tertiary/aromatic N) is 1. The Morgan fingerprint density at radius 1 is 0.800 bits per heavy atom. The number of unbranched alkanes of at least 4 members (excludes halogenated alkanes) is 5. The lowest BCUT2D eigenvalue weighted by Crippen LogP contribution is -2.58. The third-order valence-corrected chi connectivity index (χ3v) is 5.62. The number of carbonyl (C=O) groups is 3. The molecule has 0 bridgehead atoms. The first-order valence-corrected chi connectivity index (χ1v) is 11.2. The van der Waals surface area contributed by atoms with Crippen molar-refractivity contribution in [3.8, 4) is 0 Å². The lowest BCUT2D eigenvalue weighted by atomic mass is 10.0. The molecule has 174 valence electrons. The van der Waals surface area contributed by atoms with Gasteiger partial charge in [0.1, 0.15) is 11.8 Å². The molecule has 0 aromatic rings. The first-order chi connectivity index (χ1) is 14.0. The molecule has 0 radical (unpaired) electrons. The molecule has 0 fully saturated rings. The van der Waals surface area contributed by atoms with E-state index in [9.17, 15) is 29.7 Å². The fourth-order valence-corrected chi connectivity index (χ4v) is 3.91. The highest BCUT2D eigenvalue weighted by molar-refractivity contribution is 5.70. The zero-order valence-corrected chi connectivity index (χ0v) is 19.1. The third kappa shape index (κ3) is 12.0. The summed E-state index contributed by atoms with van der Waals surface area (Å²) in [4.78, 5) is 34.3. The van der Waals surface area contributed by atoms with Gasteiger partial charge in [-0.05, 0) is 46.0 Å². The van der Waals surface area contributed by atoms with Crippen molar-refractivity contribution in [1.29, 1.82) is 0 Å². The average molecular weight is 428 g/mol. The van der Waals surface area contributed by atoms with Gasteiger partial charge in [-0.3, -0.25) is 9.59 Å². The number of carboxylic acids is 3. The molecule has 0 spiro atoms. The molecule has 30 heavy (non-hydrogen) atoms. The van der Waals surface area contributed by atoms with Crippen molar-refractivity contribution in [2.45, 2.75) is 72.6 Å². The number of quaternary nitrogens is 1. The van der Waals surface area contributed by atoms with E-state index in [4.69, 9.17) is 0 Å². The van der Waals surface area contributed by atoms with Crippen LogP contribution in [-0.2, 0) is 14.4 Å². The van der Waals surface area contributed by atoms with Crippen LogP contribution < -0.4 is 5.11 Å². The van der Waals surface area contributed by atoms with Crippen molar-refractivity contribution in [2.24, 2.45) is 17.8 Å². The molecular weight excluding hydrogens is 386 g/mol. The Bertz CT molecular complexity index is 505. The summed E-state index contributed by atoms with van der Waals surface area (Å²) in [5.41, 5.74) is 0. The van der Waals surface area contributed by atoms with Crippen molar-refractivity contribution in [3.05, 3.63) is 12.2 Å². The minimum absolute atomic E-state index is 0.169. The van der Waals surface area contributed by atoms with E-state index in [-0.39, 0.29) is 24.1 Å². The molecule has 0 saturated heterocycles. The number of allylic oxidation sites excluding steroid dienone is 2. The highest BCUT2D eigenvalue weighted by atomic mass is 16.4. The maximum absolute atomic E-state index is 11.5. The van der Waals surface area contributed by atoms with Gasteiger partial charge in [0, 0.05) is 11.9 Å². The average Bonchev–Trinajstić information content (AvgIpc) is 2.66. The van der Waals surface area contributed by atoms with E-state index in [1.54, 1.807) is 20.8 Å². The van der Waals surface area contributed by atoms with Crippen LogP contribution in [0.25, 0.3) is 0 Å². The minimum atomic E-state index is -1.19. The zero-order chi connectivity index (χ0) is 23.2. The Morgan fingerprint density at radius 2 is 1.27 bits per heavy atom. The molecule has 0 aliphatic heterocycles. The van der Waals surface area contributed by atoms with E-state index in [0.717, 1.165) is 32.1 Å². The van der Waals surface area contributed by atoms with Crippen LogP contribution in [-0.4, -0.2) is 58.8 Å². The molecule has 0 aliphatic carbocycles. The smallest absolute Gasteiger partial charge is 0.311 e. The summed E-state index contributed by atoms with van der Waals surface area (Å²) in [6.07, 6.45) is 11.6. The molecule has 0 saturated carbocycles. The van der Waals surface area contributed by atoms with Crippen LogP contribution in [0.4, 0.5) is 0 Å². The topological polar surface area (TPSA) is 115 Å². The molecule has 3 atom stereocenters. The number of rotatable bonds is 18. The predicted octanol–water partition coefficient (Wildman–Crippen LogP) is 2.94. The lowest BCUT2D eigenvalue weighted by Gasteiger charge is -2.43. The molecule has 3 unspecified atom stereocenters. The second kappa shape index (κ2) is 15.0. The standard InChI is InChI=1S/C23H41NO6/c1-5-6-7-8-9-10-11-12-13-14-24(15-18(2)21(25)26,16-19(3)22(27)28)17-20(4)23(29)30/h8-9,18-20H,5-7,10-17H2,1-4H3,(H2-,25,26,27,28,29,30)/b9-8+. The van der Waals surface area contributed by atoms with Crippen molar-refractivity contribution in [1.82, 2.24) is 0 Å². The van der Waals surface area contributed by atoms with Crippen molar-refractivity contribution < 1.29 is 34.2 Å². The first kappa shape index (κ1) is 28.1. The van der Waals surface area contributed by atoms with Gasteiger partial charge in [0.2, 0.25) is 0 Å². The summed E-state index contributed by atoms with van der Waals surface area (Å²) in [6.45, 7) is 8.04. The molecule has 0 aliphatic rings. The molecule has 7 nitrogen and oxygen atoms in total. The SMILES string of the molecule is CCCC/C=C/CCCCC[N+](CC(C)C(=O)[O-])(CC(C)C(=O)O)CC(C)C(=O)O. The van der Waals surface area contributed by atoms with E-state index in [1.807, 2.05) is 0 Å². The summed E-state index contributed by atoms with van der Waals surface area (Å²) in [5, 5.41) is 30.2. The molecule has 0 rings (SSSR count). The van der Waals surface area contributed by atoms with Gasteiger partial charge in [-0.15, -0.1) is 0 Å². The number of hydrogen-bond donors (Lipinski definition) is 2. The van der Waals surface area contributed by atoms with Gasteiger partial charge in [-0.1, -0.05) is 38.8 Å². The molecule has 2 N–H and O–H groups in total. The molecule has 7 heteroatoms. The normalized spacial score (nSPS) is 16.7. The van der Waals surface area contributed by atoms with Crippen LogP contribution >= 0.6 is 0 Å². The zero-order valence-electron chi connectivity index (χ0n) is 19.1. The monoisotopic (exact) mass is 427 g/mol. The van der Waals surface area contributed by atoms with Gasteiger partial charge < -0.3 is 24.6 Å². The van der Waals surface area contributed by atoms with Gasteiger partial charge in [-0.2, -0.15) is 0 Å². The van der Waals surface area contributed by atoms with E-state index in [0.29, 0.717) is 6.54 Å². The molecular formula is C23H41NO6. The maximum Gasteiger partial charge on any atom is 0.311 e. The van der Waals surface area contributed by atoms with E-state index in [2.05, 4.69) is 19.1 Å². The van der Waals surface area contributed by atoms with Crippen LogP contribution in [0.1, 0.15) is 72.6 Å². The second-order valence-electron chi connectivity index (χ2n) is 8.77. The van der Waals surface area contributed by atoms with Gasteiger partial charge in [0.25, 0.3) is 0 Å². The van der Waals surface area contributed by atoms with E-state index < -0.39 is 35.7 Å². The Morgan fingerprint density at radius 3 is 1.70 bits per heavy atom. The van der Waals surface area contributed by atoms with Crippen molar-refractivity contribution in [3.63, 3.8) is 0 Å². The predicted molar refractivity (Wildman–Crippen MR) is 115 cm³/mol. The van der Waals surface area contributed by atoms with Gasteiger partial charge in [0.05, 0.1) is 26.2 Å². The van der Waals surface area contributed by atoms with Crippen LogP contribution in [0.5, 0.6) is 0 Å². The second-order valence-corrected chi connectivity index (χ2v) is 8.77. The number of carboxylic acid groups (broad SMARTS) is 3. The largest absolute Gasteiger partial charge is 0.550 e. The van der Waals surface area contributed by atoms with Crippen LogP contribution in [0, 0.1) is 17.8 Å². The Kier molecular flexibility index (Phi) is 14.0. The van der Waals surface area contributed by atoms with Gasteiger partial charge in [0.15, 0.2) is 0 Å². The Balaban J connectivity index is 5.18. The van der Waals surface area contributed by atoms with E-state index in [1.165, 1.54) is 12.8 Å². The fourth-order valence-electron chi connectivity index (χ4n) is 3.91. The third-order valence-electron chi connectivity index (χ3n) is 5.62. The molecule has 0 heterocycles. The number of hydrogen-bond acceptors (Lipinski definition) is 4. The maximum atomic E-state index is 11.5. The highest BCUT2D eigenvalue weighted by Gasteiger charge is 2.36. The summed E-state index contributed by atoms with van der Waals surface area (Å²) < 4.78 is 0.169. The van der Waals surface area contributed by atoms with Crippen LogP contribution in [0.2, 0.25) is 0 Å². The fraction of sp³-hybridized carbons (Fsp3) is 0.783. The van der Waals surface area contributed by atoms with Gasteiger partial charge >= 0.3 is 11.9 Å². The van der Waals surface area contributed by atoms with E-state index >= 15 is 0 Å². The van der Waals surface area contributed by atoms with Crippen LogP contribution in [0.3, 0.4) is 0 Å². The summed E-state index contributed by atoms with van der Waals surface area (Å²) in [6, 6.07) is 0. The minimum Gasteiger partial charge on any atom is -0.550 e. The highest BCUT2D eigenvalue weighted by Crippen LogP contribution is 2.21. The molecule has 0 aromatic carbocycles. The van der Waals surface area contributed by atoms with Crippen LogP contribution in [0.15, 0.2) is 12.2 Å². The Hall–Kier alpha value is -1.89. The quantitative estimate of drug-likeness (QED) is 0.197. The number of carbonyl (C=O) groups excluding carboxylic acids is 1. The summed E-state index contributed by atoms with van der Waals surface area (Å²) in [5.74, 6) is -5.28. The Labute approximate surface area is 181 Å². The first-order valence-electron chi connectivity index (χ1n) is 11.2. The van der Waals surface area contributed by atoms with Crippen molar-refractivity contribution >= 4 is 17.9 Å². The van der Waals surface area contributed by atoms with Gasteiger partial charge in [-0.25, -0.2) is 0 Å². The summed E-state index contributed by atoms with van der Waals surface area (Å²) >= 11 is 0. The summed E-state index contributed by atoms with van der Waals surface area (Å²) in [7, 11) is 0. The molecule has 0 amide bonds. The van der Waals surface area contributed by atoms with Crippen molar-refractivity contribution in [2.75, 3.05) is 26.2 Å². The molecule has 0 aromatic heterocycles. The number of aliphatic carboxylic acids is 3.